The van der Waals surface area contributed by atoms with Gasteiger partial charge < -0.3 is 9.64 Å². The molecule has 0 bridgehead atoms. The zero-order chi connectivity index (χ0) is 14.5. The van der Waals surface area contributed by atoms with Crippen molar-refractivity contribution in [2.24, 2.45) is 0 Å². The monoisotopic (exact) mass is 293 g/mol. The minimum atomic E-state index is 0.174. The minimum absolute atomic E-state index is 0.174. The van der Waals surface area contributed by atoms with Gasteiger partial charge in [-0.2, -0.15) is 15.0 Å². The summed E-state index contributed by atoms with van der Waals surface area (Å²) < 4.78 is 5.10. The molecule has 106 valence electrons. The lowest BCUT2D eigenvalue weighted by Crippen LogP contribution is -2.24. The number of pyridine rings is 1. The van der Waals surface area contributed by atoms with E-state index >= 15 is 0 Å². The highest BCUT2D eigenvalue weighted by Crippen LogP contribution is 2.21. The number of anilines is 1. The van der Waals surface area contributed by atoms with Crippen LogP contribution in [0.1, 0.15) is 13.8 Å². The molecule has 6 nitrogen and oxygen atoms in total. The Hall–Kier alpha value is -1.95. The van der Waals surface area contributed by atoms with Gasteiger partial charge in [-0.1, -0.05) is 0 Å². The average Bonchev–Trinajstić information content (AvgIpc) is 2.48. The van der Waals surface area contributed by atoms with Gasteiger partial charge >= 0.3 is 0 Å². The van der Waals surface area contributed by atoms with Crippen molar-refractivity contribution in [1.82, 2.24) is 19.9 Å². The number of aromatic nitrogens is 4. The lowest BCUT2D eigenvalue weighted by atomic mass is 10.2. The summed E-state index contributed by atoms with van der Waals surface area (Å²) in [7, 11) is 1.56. The van der Waals surface area contributed by atoms with Crippen LogP contribution >= 0.6 is 11.6 Å². The molecular formula is C13H16ClN5O. The zero-order valence-corrected chi connectivity index (χ0v) is 12.4. The van der Waals surface area contributed by atoms with Crippen LogP contribution in [0.5, 0.6) is 5.88 Å². The molecule has 0 atom stereocenters. The van der Waals surface area contributed by atoms with Gasteiger partial charge in [0.15, 0.2) is 5.82 Å². The van der Waals surface area contributed by atoms with Crippen molar-refractivity contribution in [3.05, 3.63) is 23.6 Å². The van der Waals surface area contributed by atoms with E-state index in [1.165, 1.54) is 0 Å². The number of ether oxygens (including phenoxy) is 1. The molecule has 0 saturated heterocycles. The molecule has 2 aromatic heterocycles. The summed E-state index contributed by atoms with van der Waals surface area (Å²) in [6.45, 7) is 5.68. The molecule has 0 aromatic carbocycles. The molecule has 2 rings (SSSR count). The molecule has 0 aliphatic rings. The summed E-state index contributed by atoms with van der Waals surface area (Å²) in [5.41, 5.74) is 0.787. The molecule has 2 aromatic rings. The van der Waals surface area contributed by atoms with Crippen LogP contribution in [0.25, 0.3) is 11.4 Å². The zero-order valence-electron chi connectivity index (χ0n) is 11.7. The van der Waals surface area contributed by atoms with Crippen LogP contribution < -0.4 is 9.64 Å². The number of nitrogens with zero attached hydrogens (tertiary/aromatic N) is 5. The highest BCUT2D eigenvalue weighted by Gasteiger charge is 2.12. The Morgan fingerprint density at radius 1 is 1.20 bits per heavy atom. The van der Waals surface area contributed by atoms with Gasteiger partial charge in [-0.3, -0.25) is 0 Å². The number of rotatable bonds is 5. The molecule has 0 N–H and O–H groups in total. The van der Waals surface area contributed by atoms with Crippen molar-refractivity contribution in [3.63, 3.8) is 0 Å². The Bertz CT molecular complexity index is 589. The van der Waals surface area contributed by atoms with E-state index in [0.717, 1.165) is 18.7 Å². The van der Waals surface area contributed by atoms with Crippen LogP contribution in [0.4, 0.5) is 5.95 Å². The third-order valence-corrected chi connectivity index (χ3v) is 3.01. The van der Waals surface area contributed by atoms with Gasteiger partial charge in [0, 0.05) is 30.9 Å². The Morgan fingerprint density at radius 3 is 2.60 bits per heavy atom. The fourth-order valence-electron chi connectivity index (χ4n) is 1.78. The first-order valence-electron chi connectivity index (χ1n) is 6.34. The van der Waals surface area contributed by atoms with E-state index in [1.54, 1.807) is 25.4 Å². The second kappa shape index (κ2) is 6.47. The van der Waals surface area contributed by atoms with Crippen LogP contribution in [0.15, 0.2) is 18.3 Å². The van der Waals surface area contributed by atoms with E-state index in [4.69, 9.17) is 16.3 Å². The average molecular weight is 294 g/mol. The van der Waals surface area contributed by atoms with Crippen molar-refractivity contribution in [1.29, 1.82) is 0 Å². The summed E-state index contributed by atoms with van der Waals surface area (Å²) in [6.07, 6.45) is 1.64. The molecular weight excluding hydrogens is 278 g/mol. The Kier molecular flexibility index (Phi) is 4.68. The molecule has 0 saturated carbocycles. The Balaban J connectivity index is 2.45. The molecule has 7 heteroatoms. The fraction of sp³-hybridized carbons (Fsp3) is 0.385. The number of methoxy groups -OCH3 is 1. The SMILES string of the molecule is CCN(CC)c1nc(Cl)nc(-c2ccnc(OC)c2)n1. The highest BCUT2D eigenvalue weighted by molar-refractivity contribution is 6.28. The van der Waals surface area contributed by atoms with Crippen molar-refractivity contribution in [2.75, 3.05) is 25.1 Å². The van der Waals surface area contributed by atoms with Crippen molar-refractivity contribution in [2.45, 2.75) is 13.8 Å². The largest absolute Gasteiger partial charge is 0.481 e. The van der Waals surface area contributed by atoms with Gasteiger partial charge in [-0.15, -0.1) is 0 Å². The highest BCUT2D eigenvalue weighted by atomic mass is 35.5. The maximum absolute atomic E-state index is 6.00. The van der Waals surface area contributed by atoms with E-state index in [0.29, 0.717) is 17.7 Å². The second-order valence-electron chi connectivity index (χ2n) is 3.99. The van der Waals surface area contributed by atoms with Crippen molar-refractivity contribution >= 4 is 17.5 Å². The maximum Gasteiger partial charge on any atom is 0.230 e. The second-order valence-corrected chi connectivity index (χ2v) is 4.33. The van der Waals surface area contributed by atoms with Crippen LogP contribution in [-0.2, 0) is 0 Å². The van der Waals surface area contributed by atoms with Crippen LogP contribution in [0.2, 0.25) is 5.28 Å². The van der Waals surface area contributed by atoms with Crippen molar-refractivity contribution in [3.8, 4) is 17.3 Å². The Morgan fingerprint density at radius 2 is 1.95 bits per heavy atom. The molecule has 0 aliphatic heterocycles. The van der Waals surface area contributed by atoms with Gasteiger partial charge in [0.1, 0.15) is 0 Å². The van der Waals surface area contributed by atoms with E-state index < -0.39 is 0 Å². The molecule has 0 spiro atoms. The standard InChI is InChI=1S/C13H16ClN5O/c1-4-19(5-2)13-17-11(16-12(14)18-13)9-6-7-15-10(8-9)20-3/h6-8H,4-5H2,1-3H3. The van der Waals surface area contributed by atoms with Gasteiger partial charge in [0.25, 0.3) is 0 Å². The van der Waals surface area contributed by atoms with Crippen LogP contribution in [0, 0.1) is 0 Å². The molecule has 0 unspecified atom stereocenters. The van der Waals surface area contributed by atoms with Gasteiger partial charge in [-0.25, -0.2) is 4.98 Å². The number of hydrogen-bond donors (Lipinski definition) is 0. The normalized spacial score (nSPS) is 10.4. The topological polar surface area (TPSA) is 64.0 Å². The lowest BCUT2D eigenvalue weighted by molar-refractivity contribution is 0.398. The third kappa shape index (κ3) is 3.14. The van der Waals surface area contributed by atoms with Gasteiger partial charge in [-0.05, 0) is 31.5 Å². The predicted octanol–water partition coefficient (Wildman–Crippen LogP) is 2.44. The molecule has 20 heavy (non-hydrogen) atoms. The van der Waals surface area contributed by atoms with E-state index in [9.17, 15) is 0 Å². The number of halogens is 1. The van der Waals surface area contributed by atoms with E-state index in [1.807, 2.05) is 18.7 Å². The molecule has 0 amide bonds. The first-order chi connectivity index (χ1) is 9.67. The van der Waals surface area contributed by atoms with Gasteiger partial charge in [0.05, 0.1) is 7.11 Å². The fourth-order valence-corrected chi connectivity index (χ4v) is 1.93. The van der Waals surface area contributed by atoms with Gasteiger partial charge in [0.2, 0.25) is 17.1 Å². The minimum Gasteiger partial charge on any atom is -0.481 e. The first kappa shape index (κ1) is 14.5. The Labute approximate surface area is 122 Å². The summed E-state index contributed by atoms with van der Waals surface area (Å²) in [6, 6.07) is 3.57. The summed E-state index contributed by atoms with van der Waals surface area (Å²) >= 11 is 6.00. The molecule has 0 fully saturated rings. The molecule has 0 aliphatic carbocycles. The lowest BCUT2D eigenvalue weighted by Gasteiger charge is -2.18. The molecule has 2 heterocycles. The summed E-state index contributed by atoms with van der Waals surface area (Å²) in [4.78, 5) is 18.9. The maximum atomic E-state index is 6.00. The molecule has 0 radical (unpaired) electrons. The quantitative estimate of drug-likeness (QED) is 0.844. The summed E-state index contributed by atoms with van der Waals surface area (Å²) in [5, 5.41) is 0.174. The van der Waals surface area contributed by atoms with Crippen LogP contribution in [-0.4, -0.2) is 40.1 Å². The third-order valence-electron chi connectivity index (χ3n) is 2.84. The summed E-state index contributed by atoms with van der Waals surface area (Å²) in [5.74, 6) is 1.58. The van der Waals surface area contributed by atoms with Crippen LogP contribution in [0.3, 0.4) is 0 Å². The van der Waals surface area contributed by atoms with Crippen molar-refractivity contribution < 1.29 is 4.74 Å². The van der Waals surface area contributed by atoms with E-state index in [-0.39, 0.29) is 5.28 Å². The first-order valence-corrected chi connectivity index (χ1v) is 6.72. The smallest absolute Gasteiger partial charge is 0.230 e. The predicted molar refractivity (Wildman–Crippen MR) is 78.2 cm³/mol. The van der Waals surface area contributed by atoms with E-state index in [2.05, 4.69) is 19.9 Å². The number of hydrogen-bond acceptors (Lipinski definition) is 6.